The molecular formula is C15H15ClN4O2. The van der Waals surface area contributed by atoms with Crippen molar-refractivity contribution in [2.45, 2.75) is 19.4 Å². The number of amides is 1. The average molecular weight is 319 g/mol. The smallest absolute Gasteiger partial charge is 0.284 e. The van der Waals surface area contributed by atoms with E-state index in [1.807, 2.05) is 36.7 Å². The number of hydrogen-bond acceptors (Lipinski definition) is 2. The topological polar surface area (TPSA) is 95.6 Å². The van der Waals surface area contributed by atoms with E-state index in [2.05, 4.69) is 4.99 Å². The third kappa shape index (κ3) is 2.21. The van der Waals surface area contributed by atoms with Crippen molar-refractivity contribution in [1.82, 2.24) is 4.57 Å². The molecule has 0 saturated carbocycles. The van der Waals surface area contributed by atoms with E-state index in [1.165, 1.54) is 6.07 Å². The Morgan fingerprint density at radius 1 is 1.36 bits per heavy atom. The van der Waals surface area contributed by atoms with Crippen LogP contribution < -0.4 is 16.2 Å². The summed E-state index contributed by atoms with van der Waals surface area (Å²) >= 11 is 6.13. The number of carbonyl (C=O) groups excluding carboxylic acids is 1. The van der Waals surface area contributed by atoms with Crippen molar-refractivity contribution >= 4 is 23.5 Å². The van der Waals surface area contributed by atoms with Crippen LogP contribution in [-0.2, 0) is 5.60 Å². The Balaban J connectivity index is 2.27. The van der Waals surface area contributed by atoms with E-state index in [1.54, 1.807) is 6.07 Å². The molecule has 114 valence electrons. The molecule has 1 aromatic carbocycles. The fourth-order valence-electron chi connectivity index (χ4n) is 2.59. The second-order valence-corrected chi connectivity index (χ2v) is 5.96. The zero-order valence-electron chi connectivity index (χ0n) is 12.1. The van der Waals surface area contributed by atoms with Gasteiger partial charge in [0.1, 0.15) is 5.60 Å². The van der Waals surface area contributed by atoms with Crippen LogP contribution in [0, 0.1) is 0 Å². The van der Waals surface area contributed by atoms with Gasteiger partial charge in [-0.05, 0) is 38.1 Å². The quantitative estimate of drug-likeness (QED) is 0.622. The molecule has 3 rings (SSSR count). The van der Waals surface area contributed by atoms with Crippen LogP contribution in [0.25, 0.3) is 5.69 Å². The largest absolute Gasteiger partial charge is 0.479 e. The van der Waals surface area contributed by atoms with Gasteiger partial charge in [-0.15, -0.1) is 0 Å². The van der Waals surface area contributed by atoms with Gasteiger partial charge in [0.15, 0.2) is 11.7 Å². The van der Waals surface area contributed by atoms with Crippen LogP contribution in [0.4, 0.5) is 0 Å². The van der Waals surface area contributed by atoms with Crippen LogP contribution in [0.2, 0.25) is 5.02 Å². The van der Waals surface area contributed by atoms with Gasteiger partial charge in [-0.25, -0.2) is 0 Å². The lowest BCUT2D eigenvalue weighted by Crippen LogP contribution is -2.33. The zero-order chi connectivity index (χ0) is 16.1. The minimum Gasteiger partial charge on any atom is -0.479 e. The first-order valence-corrected chi connectivity index (χ1v) is 7.02. The number of fused-ring (bicyclic) bond motifs is 3. The van der Waals surface area contributed by atoms with E-state index in [9.17, 15) is 4.79 Å². The summed E-state index contributed by atoms with van der Waals surface area (Å²) in [4.78, 5) is 15.8. The van der Waals surface area contributed by atoms with E-state index in [0.29, 0.717) is 16.5 Å². The minimum atomic E-state index is -0.600. The Labute approximate surface area is 132 Å². The predicted molar refractivity (Wildman–Crippen MR) is 84.6 cm³/mol. The third-order valence-corrected chi connectivity index (χ3v) is 3.70. The van der Waals surface area contributed by atoms with E-state index >= 15 is 0 Å². The molecule has 1 amide bonds. The first-order valence-electron chi connectivity index (χ1n) is 6.64. The summed E-state index contributed by atoms with van der Waals surface area (Å²) in [5, 5.41) is 0.399. The monoisotopic (exact) mass is 318 g/mol. The van der Waals surface area contributed by atoms with E-state index in [4.69, 9.17) is 27.8 Å². The van der Waals surface area contributed by atoms with Gasteiger partial charge in [0.25, 0.3) is 5.91 Å². The molecule has 7 heteroatoms. The van der Waals surface area contributed by atoms with E-state index in [0.717, 1.165) is 5.69 Å². The number of benzene rings is 1. The highest BCUT2D eigenvalue weighted by Gasteiger charge is 2.35. The molecule has 1 aromatic heterocycles. The molecule has 4 N–H and O–H groups in total. The first-order chi connectivity index (χ1) is 10.3. The Kier molecular flexibility index (Phi) is 3.14. The summed E-state index contributed by atoms with van der Waals surface area (Å²) in [7, 11) is 0. The van der Waals surface area contributed by atoms with Gasteiger partial charge >= 0.3 is 0 Å². The standard InChI is InChI=1S/C15H15ClN4O2/c1-15(2)11-4-3-5-20(11)10-7-8(16)6-9(12(10)22-15)13(21)19-14(17)18/h3-7H,1-2H3,(H4,17,18,19,21). The Morgan fingerprint density at radius 3 is 2.77 bits per heavy atom. The summed E-state index contributed by atoms with van der Waals surface area (Å²) in [5.41, 5.74) is 11.8. The lowest BCUT2D eigenvalue weighted by molar-refractivity contribution is 0.0867. The summed E-state index contributed by atoms with van der Waals surface area (Å²) < 4.78 is 7.98. The van der Waals surface area contributed by atoms with E-state index < -0.39 is 11.5 Å². The number of hydrogen-bond donors (Lipinski definition) is 2. The average Bonchev–Trinajstić information content (AvgIpc) is 2.88. The molecule has 2 aromatic rings. The van der Waals surface area contributed by atoms with Gasteiger partial charge in [-0.1, -0.05) is 11.6 Å². The van der Waals surface area contributed by atoms with Crippen molar-refractivity contribution in [2.24, 2.45) is 16.5 Å². The molecule has 0 saturated heterocycles. The second-order valence-electron chi connectivity index (χ2n) is 5.52. The molecule has 1 aliphatic rings. The van der Waals surface area contributed by atoms with Crippen LogP contribution in [0.5, 0.6) is 5.75 Å². The van der Waals surface area contributed by atoms with Crippen molar-refractivity contribution in [3.05, 3.63) is 46.7 Å². The maximum atomic E-state index is 12.2. The van der Waals surface area contributed by atoms with Crippen molar-refractivity contribution in [3.8, 4) is 11.4 Å². The van der Waals surface area contributed by atoms with Gasteiger partial charge in [-0.3, -0.25) is 4.79 Å². The number of guanidine groups is 1. The van der Waals surface area contributed by atoms with Gasteiger partial charge in [0, 0.05) is 11.2 Å². The molecule has 0 spiro atoms. The molecule has 0 aliphatic carbocycles. The Morgan fingerprint density at radius 2 is 2.09 bits per heavy atom. The fourth-order valence-corrected chi connectivity index (χ4v) is 2.80. The lowest BCUT2D eigenvalue weighted by atomic mass is 10.0. The van der Waals surface area contributed by atoms with Crippen LogP contribution in [0.3, 0.4) is 0 Å². The molecule has 0 atom stereocenters. The van der Waals surface area contributed by atoms with Crippen LogP contribution in [0.1, 0.15) is 29.9 Å². The molecule has 0 bridgehead atoms. The Bertz CT molecular complexity index is 804. The molecule has 1 aliphatic heterocycles. The maximum absolute atomic E-state index is 12.2. The second kappa shape index (κ2) is 4.78. The number of aromatic nitrogens is 1. The molecule has 6 nitrogen and oxygen atoms in total. The first kappa shape index (κ1) is 14.5. The predicted octanol–water partition coefficient (Wildman–Crippen LogP) is 2.17. The van der Waals surface area contributed by atoms with Crippen molar-refractivity contribution in [3.63, 3.8) is 0 Å². The van der Waals surface area contributed by atoms with E-state index in [-0.39, 0.29) is 11.5 Å². The van der Waals surface area contributed by atoms with Gasteiger partial charge in [-0.2, -0.15) is 4.99 Å². The number of aliphatic imine (C=N–C) groups is 1. The minimum absolute atomic E-state index is 0.225. The third-order valence-electron chi connectivity index (χ3n) is 3.48. The van der Waals surface area contributed by atoms with Crippen LogP contribution >= 0.6 is 11.6 Å². The summed E-state index contributed by atoms with van der Waals surface area (Å²) in [6.07, 6.45) is 1.89. The number of nitrogens with zero attached hydrogens (tertiary/aromatic N) is 2. The molecule has 0 fully saturated rings. The van der Waals surface area contributed by atoms with Crippen molar-refractivity contribution in [2.75, 3.05) is 0 Å². The number of rotatable bonds is 1. The number of carbonyl (C=O) groups is 1. The van der Waals surface area contributed by atoms with Gasteiger partial charge < -0.3 is 20.8 Å². The normalized spacial score (nSPS) is 14.5. The van der Waals surface area contributed by atoms with Crippen LogP contribution in [-0.4, -0.2) is 16.4 Å². The molecular weight excluding hydrogens is 304 g/mol. The van der Waals surface area contributed by atoms with Gasteiger partial charge in [0.05, 0.1) is 16.9 Å². The SMILES string of the molecule is CC1(C)Oc2c(C(=O)N=C(N)N)cc(Cl)cc2-n2cccc21. The fraction of sp³-hybridized carbons (Fsp3) is 0.200. The van der Waals surface area contributed by atoms with Crippen LogP contribution in [0.15, 0.2) is 35.5 Å². The summed E-state index contributed by atoms with van der Waals surface area (Å²) in [6.45, 7) is 3.84. The number of ether oxygens (including phenoxy) is 1. The van der Waals surface area contributed by atoms with Gasteiger partial charge in [0.2, 0.25) is 0 Å². The van der Waals surface area contributed by atoms with Crippen molar-refractivity contribution < 1.29 is 9.53 Å². The number of halogens is 1. The highest BCUT2D eigenvalue weighted by atomic mass is 35.5. The lowest BCUT2D eigenvalue weighted by Gasteiger charge is -2.35. The van der Waals surface area contributed by atoms with Crippen molar-refractivity contribution in [1.29, 1.82) is 0 Å². The Hall–Kier alpha value is -2.47. The highest BCUT2D eigenvalue weighted by molar-refractivity contribution is 6.31. The molecule has 0 radical (unpaired) electrons. The summed E-state index contributed by atoms with van der Waals surface area (Å²) in [6, 6.07) is 7.11. The molecule has 2 heterocycles. The highest BCUT2D eigenvalue weighted by Crippen LogP contribution is 2.42. The zero-order valence-corrected chi connectivity index (χ0v) is 12.9. The summed E-state index contributed by atoms with van der Waals surface area (Å²) in [5.74, 6) is -0.492. The maximum Gasteiger partial charge on any atom is 0.284 e. The molecule has 22 heavy (non-hydrogen) atoms. The number of nitrogens with two attached hydrogens (primary N) is 2. The molecule has 0 unspecified atom stereocenters.